The Bertz CT molecular complexity index is 6360. The standard InChI is InChI=1S/C118H100O21/c119-114(95-61-100(123-70-83-37-13-1-14-38-83)110(131-78-91-53-29-9-30-54-91)101(62-95)124-71-84-39-15-2-16-40-84)135-82-109-99(136-115(120)96-63-102(125-72-85-41-17-3-18-42-85)111(132-79-92-55-31-10-32-56-92)103(64-96)126-73-86-43-19-4-20-44-86)69-108(137-116(121)97-65-104(127-74-87-45-21-5-22-46-87)112(133-80-93-57-33-11-34-58-93)105(66-97)128-75-88-47-23-6-24-48-88)118(138-109)139-117(122)98-67-106(129-76-89-49-25-7-26-50-89)113(134-81-94-59-35-12-36-60-94)107(68-98)130-77-90-51-27-8-28-52-90/h1-68,99,108-109,118H,69-82H2/t99-,108+,109+,118-/m0/s1. The molecule has 0 radical (unpaired) electrons. The minimum absolute atomic E-state index is 0.00798. The molecule has 0 amide bonds. The molecule has 17 rings (SSSR count). The second kappa shape index (κ2) is 48.2. The van der Waals surface area contributed by atoms with Crippen LogP contribution in [-0.4, -0.2) is 55.1 Å². The number of benzene rings is 16. The zero-order valence-electron chi connectivity index (χ0n) is 76.0. The van der Waals surface area contributed by atoms with Crippen molar-refractivity contribution in [2.24, 2.45) is 0 Å². The molecule has 16 aromatic rings. The first-order valence-electron chi connectivity index (χ1n) is 45.7. The Kier molecular flexibility index (Phi) is 32.5. The number of carbonyl (C=O) groups is 4. The molecule has 21 nitrogen and oxygen atoms in total. The molecule has 4 atom stereocenters. The van der Waals surface area contributed by atoms with Crippen LogP contribution >= 0.6 is 0 Å². The molecule has 139 heavy (non-hydrogen) atoms. The van der Waals surface area contributed by atoms with Gasteiger partial charge in [-0.25, -0.2) is 19.2 Å². The van der Waals surface area contributed by atoms with E-state index in [0.717, 1.165) is 66.8 Å². The van der Waals surface area contributed by atoms with Gasteiger partial charge in [-0.1, -0.05) is 364 Å². The summed E-state index contributed by atoms with van der Waals surface area (Å²) in [5.41, 5.74) is 9.20. The van der Waals surface area contributed by atoms with Crippen molar-refractivity contribution in [1.29, 1.82) is 0 Å². The van der Waals surface area contributed by atoms with Crippen LogP contribution in [0.25, 0.3) is 0 Å². The third kappa shape index (κ3) is 27.0. The lowest BCUT2D eigenvalue weighted by Gasteiger charge is -2.39. The smallest absolute Gasteiger partial charge is 0.340 e. The van der Waals surface area contributed by atoms with Crippen LogP contribution < -0.4 is 56.8 Å². The number of carbonyl (C=O) groups excluding carboxylic acids is 4. The molecule has 1 aliphatic heterocycles. The Morgan fingerprint density at radius 1 is 0.201 bits per heavy atom. The van der Waals surface area contributed by atoms with Gasteiger partial charge < -0.3 is 80.5 Å². The van der Waals surface area contributed by atoms with Gasteiger partial charge in [0.25, 0.3) is 0 Å². The summed E-state index contributed by atoms with van der Waals surface area (Å²) in [4.78, 5) is 64.3. The van der Waals surface area contributed by atoms with Crippen LogP contribution in [0.2, 0.25) is 0 Å². The van der Waals surface area contributed by atoms with Gasteiger partial charge in [-0.15, -0.1) is 0 Å². The summed E-state index contributed by atoms with van der Waals surface area (Å²) in [6.45, 7) is -0.350. The minimum Gasteiger partial charge on any atom is -0.485 e. The van der Waals surface area contributed by atoms with Gasteiger partial charge >= 0.3 is 23.9 Å². The SMILES string of the molecule is O=C(OC[C@H]1O[C@@H](OC(=O)c2cc(OCc3ccccc3)c(OCc3ccccc3)c(OCc3ccccc3)c2)[C@H](OC(=O)c2cc(OCc3ccccc3)c(OCc3ccccc3)c(OCc3ccccc3)c2)C[C@@H]1OC(=O)c1cc(OCc2ccccc2)c(OCc2ccccc2)c(OCc2ccccc2)c1)c1cc(OCc2ccccc2)c(OCc2ccccc2)c(OCc2ccccc2)c1. The molecular weight excluding hydrogens is 1750 g/mol. The molecule has 21 heteroatoms. The quantitative estimate of drug-likeness (QED) is 0.0255. The predicted octanol–water partition coefficient (Wildman–Crippen LogP) is 24.2. The predicted molar refractivity (Wildman–Crippen MR) is 522 cm³/mol. The van der Waals surface area contributed by atoms with E-state index in [1.807, 2.05) is 364 Å². The van der Waals surface area contributed by atoms with E-state index in [9.17, 15) is 0 Å². The van der Waals surface area contributed by atoms with Crippen molar-refractivity contribution < 1.29 is 99.7 Å². The number of hydrogen-bond donors (Lipinski definition) is 0. The summed E-state index contributed by atoms with van der Waals surface area (Å²) < 4.78 is 114. The normalized spacial score (nSPS) is 13.6. The van der Waals surface area contributed by atoms with Gasteiger partial charge in [0.15, 0.2) is 52.1 Å². The monoisotopic (exact) mass is 1850 g/mol. The van der Waals surface area contributed by atoms with Crippen LogP contribution in [0.1, 0.15) is 115 Å². The van der Waals surface area contributed by atoms with Gasteiger partial charge in [0.1, 0.15) is 98.1 Å². The third-order valence-electron chi connectivity index (χ3n) is 22.4. The first kappa shape index (κ1) is 93.8. The summed E-state index contributed by atoms with van der Waals surface area (Å²) in [5.74, 6) is -2.52. The highest BCUT2D eigenvalue weighted by Gasteiger charge is 2.46. The Labute approximate surface area is 806 Å². The fourth-order valence-corrected chi connectivity index (χ4v) is 15.1. The van der Waals surface area contributed by atoms with E-state index in [4.69, 9.17) is 80.5 Å². The molecular formula is C118H100O21. The zero-order chi connectivity index (χ0) is 94.8. The van der Waals surface area contributed by atoms with Crippen LogP contribution in [0.15, 0.2) is 413 Å². The maximum absolute atomic E-state index is 16.2. The molecule has 0 aromatic heterocycles. The van der Waals surface area contributed by atoms with E-state index in [0.29, 0.717) is 0 Å². The van der Waals surface area contributed by atoms with Gasteiger partial charge in [0.05, 0.1) is 22.3 Å². The highest BCUT2D eigenvalue weighted by molar-refractivity contribution is 5.94. The second-order valence-electron chi connectivity index (χ2n) is 32.7. The van der Waals surface area contributed by atoms with Crippen molar-refractivity contribution in [2.45, 2.75) is 110 Å². The average Bonchev–Trinajstić information content (AvgIpc) is 0.788. The van der Waals surface area contributed by atoms with E-state index in [2.05, 4.69) is 0 Å². The van der Waals surface area contributed by atoms with Crippen LogP contribution in [0, 0.1) is 0 Å². The minimum atomic E-state index is -1.98. The number of rotatable bonds is 45. The van der Waals surface area contributed by atoms with E-state index in [-0.39, 0.29) is 171 Å². The Morgan fingerprint density at radius 3 is 0.561 bits per heavy atom. The molecule has 16 aromatic carbocycles. The maximum Gasteiger partial charge on any atom is 0.340 e. The molecule has 1 fully saturated rings. The van der Waals surface area contributed by atoms with Crippen molar-refractivity contribution in [2.75, 3.05) is 6.61 Å². The zero-order valence-corrected chi connectivity index (χ0v) is 76.0. The fourth-order valence-electron chi connectivity index (χ4n) is 15.1. The van der Waals surface area contributed by atoms with E-state index in [1.165, 1.54) is 48.5 Å². The summed E-state index contributed by atoms with van der Waals surface area (Å²) in [7, 11) is 0. The third-order valence-corrected chi connectivity index (χ3v) is 22.4. The molecule has 1 heterocycles. The lowest BCUT2D eigenvalue weighted by molar-refractivity contribution is -0.250. The lowest BCUT2D eigenvalue weighted by atomic mass is 10.0. The van der Waals surface area contributed by atoms with E-state index < -0.39 is 61.5 Å². The highest BCUT2D eigenvalue weighted by Crippen LogP contribution is 2.47. The number of esters is 4. The molecule has 0 spiro atoms. The second-order valence-corrected chi connectivity index (χ2v) is 32.7. The molecule has 698 valence electrons. The van der Waals surface area contributed by atoms with Gasteiger partial charge in [-0.3, -0.25) is 0 Å². The Hall–Kier alpha value is -17.0. The van der Waals surface area contributed by atoms with E-state index in [1.54, 1.807) is 0 Å². The molecule has 1 saturated heterocycles. The fraction of sp³-hybridized carbons (Fsp3) is 0.153. The van der Waals surface area contributed by atoms with Crippen molar-refractivity contribution in [3.8, 4) is 69.0 Å². The molecule has 0 N–H and O–H groups in total. The number of hydrogen-bond acceptors (Lipinski definition) is 21. The summed E-state index contributed by atoms with van der Waals surface area (Å²) >= 11 is 0. The number of ether oxygens (including phenoxy) is 17. The largest absolute Gasteiger partial charge is 0.485 e. The highest BCUT2D eigenvalue weighted by atomic mass is 16.7. The van der Waals surface area contributed by atoms with Crippen molar-refractivity contribution in [3.05, 3.63) is 502 Å². The van der Waals surface area contributed by atoms with Crippen molar-refractivity contribution in [3.63, 3.8) is 0 Å². The molecule has 1 aliphatic rings. The van der Waals surface area contributed by atoms with E-state index >= 15 is 19.2 Å². The first-order valence-corrected chi connectivity index (χ1v) is 45.7. The molecule has 0 saturated carbocycles. The van der Waals surface area contributed by atoms with Crippen molar-refractivity contribution in [1.82, 2.24) is 0 Å². The van der Waals surface area contributed by atoms with Gasteiger partial charge in [-0.05, 0) is 115 Å². The van der Waals surface area contributed by atoms with Gasteiger partial charge in [0, 0.05) is 6.42 Å². The summed E-state index contributed by atoms with van der Waals surface area (Å²) in [6, 6.07) is 126. The topological polar surface area (TPSA) is 225 Å². The Balaban J connectivity index is 0.795. The summed E-state index contributed by atoms with van der Waals surface area (Å²) in [6.07, 6.45) is -7.48. The first-order chi connectivity index (χ1) is 68.5. The summed E-state index contributed by atoms with van der Waals surface area (Å²) in [5, 5.41) is 0. The van der Waals surface area contributed by atoms with Crippen LogP contribution in [0.4, 0.5) is 0 Å². The lowest BCUT2D eigenvalue weighted by Crippen LogP contribution is -2.53. The Morgan fingerprint density at radius 2 is 0.367 bits per heavy atom. The van der Waals surface area contributed by atoms with Crippen LogP contribution in [-0.2, 0) is 103 Å². The van der Waals surface area contributed by atoms with Crippen LogP contribution in [0.3, 0.4) is 0 Å². The maximum atomic E-state index is 16.2. The van der Waals surface area contributed by atoms with Gasteiger partial charge in [-0.2, -0.15) is 0 Å². The van der Waals surface area contributed by atoms with Gasteiger partial charge in [0.2, 0.25) is 29.3 Å². The molecule has 0 unspecified atom stereocenters. The average molecular weight is 1850 g/mol. The molecule has 0 aliphatic carbocycles. The van der Waals surface area contributed by atoms with Crippen molar-refractivity contribution >= 4 is 23.9 Å². The molecule has 0 bridgehead atoms. The van der Waals surface area contributed by atoms with Crippen LogP contribution in [0.5, 0.6) is 69.0 Å².